The van der Waals surface area contributed by atoms with Crippen LogP contribution < -0.4 is 16.4 Å². The van der Waals surface area contributed by atoms with Gasteiger partial charge in [-0.15, -0.1) is 0 Å². The maximum absolute atomic E-state index is 12.1. The molecule has 2 unspecified atom stereocenters. The fourth-order valence-electron chi connectivity index (χ4n) is 1.84. The van der Waals surface area contributed by atoms with Gasteiger partial charge >= 0.3 is 11.9 Å². The van der Waals surface area contributed by atoms with E-state index in [0.29, 0.717) is 13.2 Å². The van der Waals surface area contributed by atoms with E-state index in [1.54, 1.807) is 0 Å². The zero-order valence-electron chi connectivity index (χ0n) is 14.7. The van der Waals surface area contributed by atoms with Gasteiger partial charge in [-0.1, -0.05) is 0 Å². The van der Waals surface area contributed by atoms with E-state index < -0.39 is 35.8 Å². The molecule has 6 N–H and O–H groups in total. The number of carboxylic acid groups (broad SMARTS) is 2. The first-order valence-electron chi connectivity index (χ1n) is 8.11. The molecule has 0 rings (SSSR count). The summed E-state index contributed by atoms with van der Waals surface area (Å²) in [5.41, 5.74) is 5.58. The lowest BCUT2D eigenvalue weighted by Gasteiger charge is -2.20. The van der Waals surface area contributed by atoms with Gasteiger partial charge in [0.15, 0.2) is 0 Å². The largest absolute Gasteiger partial charge is 0.481 e. The molecular weight excluding hydrogens is 350 g/mol. The first-order valence-corrected chi connectivity index (χ1v) is 8.11. The summed E-state index contributed by atoms with van der Waals surface area (Å²) < 4.78 is 9.98. The van der Waals surface area contributed by atoms with Crippen LogP contribution in [0.3, 0.4) is 0 Å². The minimum atomic E-state index is -1.12. The number of amides is 2. The Morgan fingerprint density at radius 2 is 1.58 bits per heavy atom. The van der Waals surface area contributed by atoms with Crippen LogP contribution in [0.2, 0.25) is 0 Å². The molecule has 150 valence electrons. The van der Waals surface area contributed by atoms with Crippen molar-refractivity contribution in [1.82, 2.24) is 10.6 Å². The van der Waals surface area contributed by atoms with Gasteiger partial charge in [0.05, 0.1) is 25.9 Å². The van der Waals surface area contributed by atoms with E-state index in [9.17, 15) is 19.2 Å². The molecule has 26 heavy (non-hydrogen) atoms. The summed E-state index contributed by atoms with van der Waals surface area (Å²) >= 11 is 0. The fraction of sp³-hybridized carbons (Fsp3) is 0.733. The third kappa shape index (κ3) is 12.2. The van der Waals surface area contributed by atoms with E-state index in [1.165, 1.54) is 7.11 Å². The van der Waals surface area contributed by atoms with Gasteiger partial charge in [-0.25, -0.2) is 0 Å². The second-order valence-corrected chi connectivity index (χ2v) is 5.43. The van der Waals surface area contributed by atoms with Gasteiger partial charge in [-0.3, -0.25) is 19.2 Å². The zero-order chi connectivity index (χ0) is 19.9. The molecule has 0 aromatic rings. The highest BCUT2D eigenvalue weighted by Crippen LogP contribution is 2.01. The van der Waals surface area contributed by atoms with Gasteiger partial charge in [-0.05, 0) is 12.8 Å². The number of aliphatic carboxylic acids is 2. The van der Waals surface area contributed by atoms with Crippen molar-refractivity contribution in [2.24, 2.45) is 5.73 Å². The molecule has 0 radical (unpaired) electrons. The molecule has 0 saturated carbocycles. The van der Waals surface area contributed by atoms with Crippen LogP contribution in [0.5, 0.6) is 0 Å². The summed E-state index contributed by atoms with van der Waals surface area (Å²) in [5.74, 6) is -3.49. The maximum Gasteiger partial charge on any atom is 0.303 e. The summed E-state index contributed by atoms with van der Waals surface area (Å²) in [6.07, 6.45) is -0.836. The molecular formula is C15H27N3O8. The third-order valence-corrected chi connectivity index (χ3v) is 3.26. The summed E-state index contributed by atoms with van der Waals surface area (Å²) in [5, 5.41) is 22.3. The number of carboxylic acids is 2. The first-order chi connectivity index (χ1) is 12.3. The van der Waals surface area contributed by atoms with Gasteiger partial charge in [0.1, 0.15) is 6.04 Å². The Morgan fingerprint density at radius 1 is 0.962 bits per heavy atom. The van der Waals surface area contributed by atoms with Gasteiger partial charge in [0, 0.05) is 26.5 Å². The Morgan fingerprint density at radius 3 is 2.15 bits per heavy atom. The van der Waals surface area contributed by atoms with E-state index in [0.717, 1.165) is 0 Å². The normalized spacial score (nSPS) is 12.8. The number of nitrogens with one attached hydrogen (secondary N) is 2. The summed E-state index contributed by atoms with van der Waals surface area (Å²) in [6.45, 7) is 1.18. The van der Waals surface area contributed by atoms with Crippen molar-refractivity contribution in [3.8, 4) is 0 Å². The first kappa shape index (κ1) is 23.8. The SMILES string of the molecule is COCCOCCNC(=O)C(CCC(=O)O)NC(=O)C(N)CCC(=O)O. The van der Waals surface area contributed by atoms with Crippen LogP contribution in [0.4, 0.5) is 0 Å². The van der Waals surface area contributed by atoms with Gasteiger partial charge in [0.2, 0.25) is 11.8 Å². The van der Waals surface area contributed by atoms with Crippen LogP contribution in [0, 0.1) is 0 Å². The second-order valence-electron chi connectivity index (χ2n) is 5.43. The number of hydrogen-bond donors (Lipinski definition) is 5. The molecule has 0 aliphatic heterocycles. The monoisotopic (exact) mass is 377 g/mol. The van der Waals surface area contributed by atoms with Gasteiger partial charge in [0.25, 0.3) is 0 Å². The number of nitrogens with two attached hydrogens (primary N) is 1. The van der Waals surface area contributed by atoms with Crippen LogP contribution in [-0.4, -0.2) is 79.5 Å². The zero-order valence-corrected chi connectivity index (χ0v) is 14.7. The Hall–Kier alpha value is -2.24. The highest BCUT2D eigenvalue weighted by molar-refractivity contribution is 5.90. The lowest BCUT2D eigenvalue weighted by molar-refractivity contribution is -0.139. The third-order valence-electron chi connectivity index (χ3n) is 3.26. The van der Waals surface area contributed by atoms with Crippen LogP contribution in [0.15, 0.2) is 0 Å². The van der Waals surface area contributed by atoms with Crippen LogP contribution in [0.1, 0.15) is 25.7 Å². The van der Waals surface area contributed by atoms with Crippen molar-refractivity contribution < 1.29 is 38.9 Å². The van der Waals surface area contributed by atoms with E-state index in [2.05, 4.69) is 10.6 Å². The van der Waals surface area contributed by atoms with Crippen molar-refractivity contribution in [1.29, 1.82) is 0 Å². The van der Waals surface area contributed by atoms with E-state index in [-0.39, 0.29) is 38.8 Å². The van der Waals surface area contributed by atoms with Crippen molar-refractivity contribution in [3.05, 3.63) is 0 Å². The Balaban J connectivity index is 4.48. The molecule has 0 spiro atoms. The number of rotatable bonds is 15. The van der Waals surface area contributed by atoms with Gasteiger partial charge in [-0.2, -0.15) is 0 Å². The molecule has 0 bridgehead atoms. The van der Waals surface area contributed by atoms with Crippen molar-refractivity contribution >= 4 is 23.8 Å². The molecule has 0 aromatic heterocycles. The lowest BCUT2D eigenvalue weighted by atomic mass is 10.1. The topological polar surface area (TPSA) is 177 Å². The molecule has 2 atom stereocenters. The molecule has 11 heteroatoms. The maximum atomic E-state index is 12.1. The lowest BCUT2D eigenvalue weighted by Crippen LogP contribution is -2.52. The number of carbonyl (C=O) groups excluding carboxylic acids is 2. The van der Waals surface area contributed by atoms with Crippen molar-refractivity contribution in [2.75, 3.05) is 33.5 Å². The Bertz CT molecular complexity index is 472. The summed E-state index contributed by atoms with van der Waals surface area (Å²) in [7, 11) is 1.53. The predicted octanol–water partition coefficient (Wildman–Crippen LogP) is -1.69. The quantitative estimate of drug-likeness (QED) is 0.208. The molecule has 0 fully saturated rings. The summed E-state index contributed by atoms with van der Waals surface area (Å²) in [4.78, 5) is 45.3. The molecule has 0 saturated heterocycles. The average Bonchev–Trinajstić information content (AvgIpc) is 2.58. The standard InChI is InChI=1S/C15H27N3O8/c1-25-8-9-26-7-6-17-15(24)11(3-5-13(21)22)18-14(23)10(16)2-4-12(19)20/h10-11H,2-9,16H2,1H3,(H,17,24)(H,18,23)(H,19,20)(H,21,22). The Kier molecular flexibility index (Phi) is 12.8. The highest BCUT2D eigenvalue weighted by Gasteiger charge is 2.24. The van der Waals surface area contributed by atoms with Crippen LogP contribution >= 0.6 is 0 Å². The fourth-order valence-corrected chi connectivity index (χ4v) is 1.84. The number of hydrogen-bond acceptors (Lipinski definition) is 7. The van der Waals surface area contributed by atoms with Gasteiger partial charge < -0.3 is 36.1 Å². The molecule has 11 nitrogen and oxygen atoms in total. The van der Waals surface area contributed by atoms with Crippen LogP contribution in [-0.2, 0) is 28.7 Å². The number of methoxy groups -OCH3 is 1. The average molecular weight is 377 g/mol. The molecule has 0 aromatic carbocycles. The smallest absolute Gasteiger partial charge is 0.303 e. The molecule has 2 amide bonds. The molecule has 0 heterocycles. The van der Waals surface area contributed by atoms with E-state index in [1.807, 2.05) is 0 Å². The highest BCUT2D eigenvalue weighted by atomic mass is 16.5. The van der Waals surface area contributed by atoms with Crippen molar-refractivity contribution in [2.45, 2.75) is 37.8 Å². The van der Waals surface area contributed by atoms with E-state index in [4.69, 9.17) is 25.4 Å². The van der Waals surface area contributed by atoms with E-state index >= 15 is 0 Å². The van der Waals surface area contributed by atoms with Crippen LogP contribution in [0.25, 0.3) is 0 Å². The molecule has 0 aliphatic carbocycles. The number of ether oxygens (including phenoxy) is 2. The molecule has 0 aliphatic rings. The second kappa shape index (κ2) is 14.0. The minimum absolute atomic E-state index is 0.0955. The number of carbonyl (C=O) groups is 4. The predicted molar refractivity (Wildman–Crippen MR) is 89.4 cm³/mol. The Labute approximate surface area is 151 Å². The van der Waals surface area contributed by atoms with Crippen molar-refractivity contribution in [3.63, 3.8) is 0 Å². The summed E-state index contributed by atoms with van der Waals surface area (Å²) in [6, 6.07) is -2.20. The minimum Gasteiger partial charge on any atom is -0.481 e.